The first-order chi connectivity index (χ1) is 18.1. The first-order valence-electron chi connectivity index (χ1n) is 12.1. The molecule has 0 bridgehead atoms. The highest BCUT2D eigenvalue weighted by atomic mass is 16.7. The van der Waals surface area contributed by atoms with Gasteiger partial charge in [-0.3, -0.25) is 0 Å². The Kier molecular flexibility index (Phi) is 8.65. The maximum Gasteiger partial charge on any atom is 0.229 e. The van der Waals surface area contributed by atoms with Crippen LogP contribution in [0, 0.1) is 5.92 Å². The van der Waals surface area contributed by atoms with Crippen LogP contribution in [-0.2, 0) is 15.9 Å². The van der Waals surface area contributed by atoms with E-state index in [0.29, 0.717) is 11.1 Å². The molecule has 0 aromatic heterocycles. The summed E-state index contributed by atoms with van der Waals surface area (Å²) in [6, 6.07) is 9.51. The van der Waals surface area contributed by atoms with Crippen LogP contribution in [0.5, 0.6) is 23.0 Å². The Morgan fingerprint density at radius 3 is 2.29 bits per heavy atom. The van der Waals surface area contributed by atoms with Gasteiger partial charge in [0.05, 0.1) is 45.7 Å². The van der Waals surface area contributed by atoms with Crippen molar-refractivity contribution >= 4 is 0 Å². The van der Waals surface area contributed by atoms with Crippen molar-refractivity contribution in [2.45, 2.75) is 48.8 Å². The van der Waals surface area contributed by atoms with E-state index in [2.05, 4.69) is 0 Å². The zero-order chi connectivity index (χ0) is 27.6. The lowest BCUT2D eigenvalue weighted by Crippen LogP contribution is -2.60. The summed E-state index contributed by atoms with van der Waals surface area (Å²) in [6.45, 7) is -1.03. The summed E-state index contributed by atoms with van der Waals surface area (Å²) in [5, 5.41) is 71.2. The predicted octanol–water partition coefficient (Wildman–Crippen LogP) is -0.758. The molecular formula is C26H34O12. The molecule has 2 fully saturated rings. The second kappa shape index (κ2) is 11.6. The van der Waals surface area contributed by atoms with Gasteiger partial charge in [0.2, 0.25) is 6.29 Å². The summed E-state index contributed by atoms with van der Waals surface area (Å²) in [5.74, 6) is -0.101. The number of methoxy groups -OCH3 is 2. The Balaban J connectivity index is 1.53. The SMILES string of the molecule is COc1cc(C[C@@]2(O)CO[C@H](c3ccc(O[C@H]4O[C@H](CO)[C@H](O)[C@@H](O)[C@H]4O)c(OC)c3)[C@H]2CO)ccc1O. The number of phenolic OH excluding ortho intramolecular Hbond substituents is 1. The van der Waals surface area contributed by atoms with Gasteiger partial charge in [-0.05, 0) is 35.4 Å². The minimum Gasteiger partial charge on any atom is -0.504 e. The molecule has 2 aromatic carbocycles. The third-order valence-corrected chi connectivity index (χ3v) is 7.13. The highest BCUT2D eigenvalue weighted by Crippen LogP contribution is 2.45. The van der Waals surface area contributed by atoms with Crippen molar-refractivity contribution in [3.8, 4) is 23.0 Å². The van der Waals surface area contributed by atoms with Crippen LogP contribution in [0.15, 0.2) is 36.4 Å². The Morgan fingerprint density at radius 2 is 1.63 bits per heavy atom. The smallest absolute Gasteiger partial charge is 0.229 e. The van der Waals surface area contributed by atoms with Gasteiger partial charge in [-0.15, -0.1) is 0 Å². The van der Waals surface area contributed by atoms with Gasteiger partial charge < -0.3 is 59.4 Å². The molecule has 2 heterocycles. The Hall–Kier alpha value is -2.68. The predicted molar refractivity (Wildman–Crippen MR) is 130 cm³/mol. The van der Waals surface area contributed by atoms with E-state index in [9.17, 15) is 35.7 Å². The molecule has 7 N–H and O–H groups in total. The summed E-state index contributed by atoms with van der Waals surface area (Å²) >= 11 is 0. The molecule has 2 saturated heterocycles. The van der Waals surface area contributed by atoms with Gasteiger partial charge in [-0.25, -0.2) is 0 Å². The number of aliphatic hydroxyl groups is 6. The molecule has 0 spiro atoms. The van der Waals surface area contributed by atoms with Crippen molar-refractivity contribution in [2.24, 2.45) is 5.92 Å². The molecule has 0 radical (unpaired) electrons. The van der Waals surface area contributed by atoms with E-state index >= 15 is 0 Å². The standard InChI is InChI=1S/C26H34O12/c1-34-18-7-13(3-5-16(18)29)9-26(33)12-36-24(15(26)10-27)14-4-6-17(19(8-14)35-2)37-25-23(32)22(31)21(30)20(11-28)38-25/h3-8,15,20-25,27-33H,9-12H2,1-2H3/t15-,20-,21+,22-,23-,24-,25+,26-/m1/s1. The quantitative estimate of drug-likeness (QED) is 0.212. The zero-order valence-electron chi connectivity index (χ0n) is 21.0. The fourth-order valence-electron chi connectivity index (χ4n) is 4.95. The van der Waals surface area contributed by atoms with Crippen molar-refractivity contribution in [1.29, 1.82) is 0 Å². The van der Waals surface area contributed by atoms with E-state index in [4.69, 9.17) is 23.7 Å². The van der Waals surface area contributed by atoms with E-state index in [1.54, 1.807) is 24.3 Å². The van der Waals surface area contributed by atoms with Crippen LogP contribution < -0.4 is 14.2 Å². The topological polar surface area (TPSA) is 188 Å². The van der Waals surface area contributed by atoms with E-state index < -0.39 is 54.9 Å². The van der Waals surface area contributed by atoms with Crippen molar-refractivity contribution in [1.82, 2.24) is 0 Å². The van der Waals surface area contributed by atoms with Crippen molar-refractivity contribution in [2.75, 3.05) is 34.0 Å². The molecule has 2 aliphatic rings. The summed E-state index contributed by atoms with van der Waals surface area (Å²) < 4.78 is 27.6. The highest BCUT2D eigenvalue weighted by Gasteiger charge is 2.49. The molecular weight excluding hydrogens is 504 g/mol. The summed E-state index contributed by atoms with van der Waals surface area (Å²) in [7, 11) is 2.82. The summed E-state index contributed by atoms with van der Waals surface area (Å²) in [4.78, 5) is 0. The van der Waals surface area contributed by atoms with Crippen molar-refractivity contribution in [3.05, 3.63) is 47.5 Å². The van der Waals surface area contributed by atoms with Crippen LogP contribution in [0.2, 0.25) is 0 Å². The third-order valence-electron chi connectivity index (χ3n) is 7.13. The van der Waals surface area contributed by atoms with Gasteiger partial charge in [0.25, 0.3) is 0 Å². The van der Waals surface area contributed by atoms with Crippen LogP contribution in [0.1, 0.15) is 17.2 Å². The lowest BCUT2D eigenvalue weighted by atomic mass is 9.80. The molecule has 0 unspecified atom stereocenters. The molecule has 4 rings (SSSR count). The maximum atomic E-state index is 11.4. The first kappa shape index (κ1) is 28.3. The lowest BCUT2D eigenvalue weighted by molar-refractivity contribution is -0.277. The van der Waals surface area contributed by atoms with Crippen LogP contribution in [0.4, 0.5) is 0 Å². The largest absolute Gasteiger partial charge is 0.504 e. The molecule has 0 aliphatic carbocycles. The van der Waals surface area contributed by atoms with Crippen LogP contribution in [-0.4, -0.2) is 106 Å². The molecule has 12 heteroatoms. The molecule has 8 atom stereocenters. The van der Waals surface area contributed by atoms with Gasteiger partial charge in [0, 0.05) is 12.3 Å². The zero-order valence-corrected chi connectivity index (χ0v) is 21.0. The van der Waals surface area contributed by atoms with Crippen LogP contribution >= 0.6 is 0 Å². The average Bonchev–Trinajstić information content (AvgIpc) is 3.25. The van der Waals surface area contributed by atoms with E-state index in [1.165, 1.54) is 26.4 Å². The van der Waals surface area contributed by atoms with Gasteiger partial charge in [0.1, 0.15) is 24.4 Å². The van der Waals surface area contributed by atoms with Gasteiger partial charge in [-0.1, -0.05) is 12.1 Å². The molecule has 0 amide bonds. The Morgan fingerprint density at radius 1 is 0.895 bits per heavy atom. The van der Waals surface area contributed by atoms with Gasteiger partial charge in [-0.2, -0.15) is 0 Å². The molecule has 2 aliphatic heterocycles. The summed E-state index contributed by atoms with van der Waals surface area (Å²) in [6.07, 6.45) is -7.80. The van der Waals surface area contributed by atoms with Crippen LogP contribution in [0.25, 0.3) is 0 Å². The fourth-order valence-corrected chi connectivity index (χ4v) is 4.95. The number of hydrogen-bond donors (Lipinski definition) is 7. The Labute approximate surface area is 219 Å². The lowest BCUT2D eigenvalue weighted by Gasteiger charge is -2.39. The van der Waals surface area contributed by atoms with Gasteiger partial charge >= 0.3 is 0 Å². The van der Waals surface area contributed by atoms with E-state index in [0.717, 1.165) is 0 Å². The number of benzene rings is 2. The summed E-state index contributed by atoms with van der Waals surface area (Å²) in [5.41, 5.74) is -0.146. The first-order valence-corrected chi connectivity index (χ1v) is 12.1. The normalized spacial score (nSPS) is 33.2. The fraction of sp³-hybridized carbons (Fsp3) is 0.538. The number of aliphatic hydroxyl groups excluding tert-OH is 5. The third kappa shape index (κ3) is 5.40. The van der Waals surface area contributed by atoms with Crippen molar-refractivity contribution < 1.29 is 59.4 Å². The monoisotopic (exact) mass is 538 g/mol. The van der Waals surface area contributed by atoms with Gasteiger partial charge in [0.15, 0.2) is 23.0 Å². The van der Waals surface area contributed by atoms with Crippen LogP contribution in [0.3, 0.4) is 0 Å². The number of ether oxygens (including phenoxy) is 5. The minimum atomic E-state index is -1.60. The number of rotatable bonds is 9. The second-order valence-corrected chi connectivity index (χ2v) is 9.53. The second-order valence-electron chi connectivity index (χ2n) is 9.53. The van der Waals surface area contributed by atoms with E-state index in [-0.39, 0.29) is 42.6 Å². The van der Waals surface area contributed by atoms with Crippen molar-refractivity contribution in [3.63, 3.8) is 0 Å². The Bertz CT molecular complexity index is 1090. The minimum absolute atomic E-state index is 0.0272. The molecule has 210 valence electrons. The maximum absolute atomic E-state index is 11.4. The average molecular weight is 539 g/mol. The molecule has 12 nitrogen and oxygen atoms in total. The number of aromatic hydroxyl groups is 1. The molecule has 2 aromatic rings. The molecule has 0 saturated carbocycles. The highest BCUT2D eigenvalue weighted by molar-refractivity contribution is 5.45. The van der Waals surface area contributed by atoms with E-state index in [1.807, 2.05) is 0 Å². The number of hydrogen-bond acceptors (Lipinski definition) is 12. The number of phenols is 1. The molecule has 38 heavy (non-hydrogen) atoms.